The monoisotopic (exact) mass is 345 g/mol. The molecule has 0 saturated carbocycles. The largest absolute Gasteiger partial charge is 0.309 e. The van der Waals surface area contributed by atoms with Crippen LogP contribution in [0.4, 0.5) is 8.78 Å². The van der Waals surface area contributed by atoms with Crippen molar-refractivity contribution in [2.75, 3.05) is 0 Å². The number of hydrogen-bond acceptors (Lipinski definition) is 1. The molecule has 0 aliphatic heterocycles. The van der Waals surface area contributed by atoms with Crippen molar-refractivity contribution in [2.45, 2.75) is 13.1 Å². The molecule has 0 spiro atoms. The van der Waals surface area contributed by atoms with Gasteiger partial charge in [-0.25, -0.2) is 8.78 Å². The van der Waals surface area contributed by atoms with Crippen molar-refractivity contribution < 1.29 is 8.78 Å². The predicted octanol–water partition coefficient (Wildman–Crippen LogP) is 4.67. The van der Waals surface area contributed by atoms with E-state index in [9.17, 15) is 8.78 Å². The van der Waals surface area contributed by atoms with Gasteiger partial charge in [-0.2, -0.15) is 0 Å². The van der Waals surface area contributed by atoms with Crippen LogP contribution in [0.15, 0.2) is 40.9 Å². The Kier molecular flexibility index (Phi) is 4.91. The maximum Gasteiger partial charge on any atom is 0.159 e. The van der Waals surface area contributed by atoms with E-state index >= 15 is 0 Å². The molecule has 2 rings (SSSR count). The Morgan fingerprint density at radius 1 is 0.947 bits per heavy atom. The molecule has 0 heterocycles. The minimum atomic E-state index is -0.828. The molecule has 1 nitrogen and oxygen atoms in total. The van der Waals surface area contributed by atoms with E-state index in [2.05, 4.69) is 21.2 Å². The summed E-state index contributed by atoms with van der Waals surface area (Å²) in [4.78, 5) is 0. The standard InChI is InChI=1S/C14H11BrClF2N/c15-11-5-9(1-3-12(11)16)7-19-8-10-2-4-13(17)14(18)6-10/h1-6,19H,7-8H2. The van der Waals surface area contributed by atoms with Crippen LogP contribution in [0.25, 0.3) is 0 Å². The molecule has 0 fully saturated rings. The summed E-state index contributed by atoms with van der Waals surface area (Å²) in [6.07, 6.45) is 0. The molecule has 100 valence electrons. The maximum atomic E-state index is 13.0. The fourth-order valence-electron chi connectivity index (χ4n) is 1.65. The van der Waals surface area contributed by atoms with Crippen molar-refractivity contribution in [3.63, 3.8) is 0 Å². The SMILES string of the molecule is Fc1ccc(CNCc2ccc(Cl)c(Br)c2)cc1F. The number of halogens is 4. The van der Waals surface area contributed by atoms with Crippen molar-refractivity contribution in [2.24, 2.45) is 0 Å². The van der Waals surface area contributed by atoms with Crippen LogP contribution in [0.3, 0.4) is 0 Å². The molecule has 1 N–H and O–H groups in total. The fraction of sp³-hybridized carbons (Fsp3) is 0.143. The highest BCUT2D eigenvalue weighted by atomic mass is 79.9. The normalized spacial score (nSPS) is 10.7. The molecule has 2 aromatic carbocycles. The summed E-state index contributed by atoms with van der Waals surface area (Å²) in [7, 11) is 0. The predicted molar refractivity (Wildman–Crippen MR) is 76.1 cm³/mol. The first-order chi connectivity index (χ1) is 9.06. The first-order valence-corrected chi connectivity index (χ1v) is 6.82. The van der Waals surface area contributed by atoms with Crippen LogP contribution >= 0.6 is 27.5 Å². The quantitative estimate of drug-likeness (QED) is 0.848. The van der Waals surface area contributed by atoms with Gasteiger partial charge >= 0.3 is 0 Å². The minimum absolute atomic E-state index is 0.470. The van der Waals surface area contributed by atoms with Gasteiger partial charge < -0.3 is 5.32 Å². The molecule has 2 aromatic rings. The third-order valence-electron chi connectivity index (χ3n) is 2.63. The van der Waals surface area contributed by atoms with Crippen LogP contribution in [-0.4, -0.2) is 0 Å². The van der Waals surface area contributed by atoms with E-state index in [0.717, 1.165) is 16.1 Å². The summed E-state index contributed by atoms with van der Waals surface area (Å²) in [5, 5.41) is 3.82. The molecule has 0 aliphatic rings. The van der Waals surface area contributed by atoms with Crippen molar-refractivity contribution in [3.05, 3.63) is 68.7 Å². The van der Waals surface area contributed by atoms with Crippen LogP contribution < -0.4 is 5.32 Å². The maximum absolute atomic E-state index is 13.0. The van der Waals surface area contributed by atoms with Gasteiger partial charge in [0.25, 0.3) is 0 Å². The summed E-state index contributed by atoms with van der Waals surface area (Å²) < 4.78 is 26.6. The zero-order chi connectivity index (χ0) is 13.8. The van der Waals surface area contributed by atoms with E-state index in [0.29, 0.717) is 23.7 Å². The number of rotatable bonds is 4. The van der Waals surface area contributed by atoms with Crippen LogP contribution in [0, 0.1) is 11.6 Å². The Morgan fingerprint density at radius 2 is 1.58 bits per heavy atom. The topological polar surface area (TPSA) is 12.0 Å². The van der Waals surface area contributed by atoms with Gasteiger partial charge in [-0.15, -0.1) is 0 Å². The summed E-state index contributed by atoms with van der Waals surface area (Å²) in [5.74, 6) is -1.65. The highest BCUT2D eigenvalue weighted by molar-refractivity contribution is 9.10. The molecule has 0 aliphatic carbocycles. The second kappa shape index (κ2) is 6.46. The number of benzene rings is 2. The van der Waals surface area contributed by atoms with E-state index in [-0.39, 0.29) is 0 Å². The molecule has 0 amide bonds. The van der Waals surface area contributed by atoms with E-state index in [1.54, 1.807) is 12.1 Å². The van der Waals surface area contributed by atoms with Gasteiger partial charge in [-0.05, 0) is 51.3 Å². The van der Waals surface area contributed by atoms with E-state index in [4.69, 9.17) is 11.6 Å². The summed E-state index contributed by atoms with van der Waals surface area (Å²) >= 11 is 9.25. The third-order valence-corrected chi connectivity index (χ3v) is 3.84. The lowest BCUT2D eigenvalue weighted by Crippen LogP contribution is -2.12. The first kappa shape index (κ1) is 14.4. The Balaban J connectivity index is 1.92. The molecule has 0 unspecified atom stereocenters. The average Bonchev–Trinajstić information content (AvgIpc) is 2.38. The summed E-state index contributed by atoms with van der Waals surface area (Å²) in [6.45, 7) is 1.09. The van der Waals surface area contributed by atoms with Gasteiger partial charge in [0.1, 0.15) is 0 Å². The lowest BCUT2D eigenvalue weighted by molar-refractivity contribution is 0.506. The molecule has 19 heavy (non-hydrogen) atoms. The van der Waals surface area contributed by atoms with Crippen molar-refractivity contribution in [1.29, 1.82) is 0 Å². The van der Waals surface area contributed by atoms with Gasteiger partial charge in [0.2, 0.25) is 0 Å². The minimum Gasteiger partial charge on any atom is -0.309 e. The third kappa shape index (κ3) is 4.00. The van der Waals surface area contributed by atoms with E-state index in [1.807, 2.05) is 12.1 Å². The lowest BCUT2D eigenvalue weighted by atomic mass is 10.2. The zero-order valence-electron chi connectivity index (χ0n) is 9.89. The van der Waals surface area contributed by atoms with Gasteiger partial charge in [0.05, 0.1) is 5.02 Å². The zero-order valence-corrected chi connectivity index (χ0v) is 12.2. The smallest absolute Gasteiger partial charge is 0.159 e. The van der Waals surface area contributed by atoms with Crippen molar-refractivity contribution in [3.8, 4) is 0 Å². The van der Waals surface area contributed by atoms with Crippen LogP contribution in [-0.2, 0) is 13.1 Å². The first-order valence-electron chi connectivity index (χ1n) is 5.65. The van der Waals surface area contributed by atoms with Gasteiger partial charge in [-0.1, -0.05) is 23.7 Å². The Labute approximate surface area is 123 Å². The molecule has 0 aromatic heterocycles. The van der Waals surface area contributed by atoms with E-state index < -0.39 is 11.6 Å². The van der Waals surface area contributed by atoms with E-state index in [1.165, 1.54) is 6.07 Å². The van der Waals surface area contributed by atoms with Crippen LogP contribution in [0.2, 0.25) is 5.02 Å². The second-order valence-electron chi connectivity index (χ2n) is 4.10. The van der Waals surface area contributed by atoms with Gasteiger partial charge in [0.15, 0.2) is 11.6 Å². The highest BCUT2D eigenvalue weighted by Gasteiger charge is 2.03. The van der Waals surface area contributed by atoms with Crippen LogP contribution in [0.1, 0.15) is 11.1 Å². The second-order valence-corrected chi connectivity index (χ2v) is 5.36. The average molecular weight is 347 g/mol. The summed E-state index contributed by atoms with van der Waals surface area (Å²) in [6, 6.07) is 9.51. The van der Waals surface area contributed by atoms with Crippen LogP contribution in [0.5, 0.6) is 0 Å². The molecular formula is C14H11BrClF2N. The Hall–Kier alpha value is -0.970. The lowest BCUT2D eigenvalue weighted by Gasteiger charge is -2.07. The highest BCUT2D eigenvalue weighted by Crippen LogP contribution is 2.23. The molecular weight excluding hydrogens is 336 g/mol. The molecule has 0 saturated heterocycles. The van der Waals surface area contributed by atoms with Crippen molar-refractivity contribution in [1.82, 2.24) is 5.32 Å². The van der Waals surface area contributed by atoms with Gasteiger partial charge in [-0.3, -0.25) is 0 Å². The van der Waals surface area contributed by atoms with Crippen molar-refractivity contribution >= 4 is 27.5 Å². The Morgan fingerprint density at radius 3 is 2.21 bits per heavy atom. The summed E-state index contributed by atoms with van der Waals surface area (Å²) in [5.41, 5.74) is 1.76. The van der Waals surface area contributed by atoms with Gasteiger partial charge in [0, 0.05) is 17.6 Å². The molecule has 0 radical (unpaired) electrons. The molecule has 0 bridgehead atoms. The molecule has 0 atom stereocenters. The molecule has 5 heteroatoms. The number of hydrogen-bond donors (Lipinski definition) is 1. The Bertz CT molecular complexity index is 538. The number of nitrogens with one attached hydrogen (secondary N) is 1. The fourth-order valence-corrected chi connectivity index (χ4v) is 2.19.